The van der Waals surface area contributed by atoms with E-state index in [0.717, 1.165) is 59.0 Å². The average Bonchev–Trinajstić information content (AvgIpc) is 3.52. The van der Waals surface area contributed by atoms with E-state index in [1.54, 1.807) is 27.0 Å². The van der Waals surface area contributed by atoms with E-state index in [4.69, 9.17) is 5.10 Å². The Morgan fingerprint density at radius 1 is 0.970 bits per heavy atom. The normalized spacial score (nSPS) is 15.0. The molecule has 10 heteroatoms. The summed E-state index contributed by atoms with van der Waals surface area (Å²) in [5.41, 5.74) is 1.63. The van der Waals surface area contributed by atoms with Crippen molar-refractivity contribution < 1.29 is 0 Å². The number of aryl methyl sites for hydroxylation is 1. The number of benzene rings is 1. The largest absolute Gasteiger partial charge is 0.353 e. The third-order valence-corrected chi connectivity index (χ3v) is 7.01. The highest BCUT2D eigenvalue weighted by Gasteiger charge is 2.22. The van der Waals surface area contributed by atoms with Crippen LogP contribution in [0.1, 0.15) is 0 Å². The Hall–Kier alpha value is -3.63. The van der Waals surface area contributed by atoms with Gasteiger partial charge in [-0.15, -0.1) is 11.3 Å². The molecule has 1 saturated heterocycles. The maximum atomic E-state index is 13.2. The minimum Gasteiger partial charge on any atom is -0.353 e. The zero-order valence-electron chi connectivity index (χ0n) is 18.1. The molecule has 0 amide bonds. The van der Waals surface area contributed by atoms with Gasteiger partial charge in [0.05, 0.1) is 28.5 Å². The van der Waals surface area contributed by atoms with Gasteiger partial charge in [0.25, 0.3) is 5.56 Å². The summed E-state index contributed by atoms with van der Waals surface area (Å²) in [6.07, 6.45) is 3.41. The number of hydrogen-bond acceptors (Lipinski definition) is 8. The summed E-state index contributed by atoms with van der Waals surface area (Å²) in [6, 6.07) is 11.8. The quantitative estimate of drug-likeness (QED) is 0.409. The van der Waals surface area contributed by atoms with Gasteiger partial charge in [0.15, 0.2) is 5.65 Å². The molecular weight excluding hydrogens is 436 g/mol. The van der Waals surface area contributed by atoms with Crippen LogP contribution in [0, 0.1) is 0 Å². The van der Waals surface area contributed by atoms with E-state index in [9.17, 15) is 4.79 Å². The zero-order valence-corrected chi connectivity index (χ0v) is 18.9. The van der Waals surface area contributed by atoms with Gasteiger partial charge in [-0.1, -0.05) is 24.3 Å². The molecule has 0 unspecified atom stereocenters. The lowest BCUT2D eigenvalue weighted by atomic mass is 10.1. The molecular formula is C23H22N8OS. The third-order valence-electron chi connectivity index (χ3n) is 6.14. The summed E-state index contributed by atoms with van der Waals surface area (Å²) in [7, 11) is 1.88. The Morgan fingerprint density at radius 3 is 2.58 bits per heavy atom. The van der Waals surface area contributed by atoms with E-state index in [-0.39, 0.29) is 5.56 Å². The fraction of sp³-hybridized carbons (Fsp3) is 0.261. The highest BCUT2D eigenvalue weighted by atomic mass is 32.1. The van der Waals surface area contributed by atoms with Gasteiger partial charge in [-0.3, -0.25) is 14.4 Å². The number of aromatic nitrogens is 6. The van der Waals surface area contributed by atoms with Crippen LogP contribution in [0.15, 0.2) is 59.1 Å². The minimum atomic E-state index is -0.0544. The molecule has 0 atom stereocenters. The standard InChI is InChI=1S/C23H22N8OS/c1-28-21-18(13-26-28)22(25-14-24-21)30-10-8-29(9-11-30)15-31-23(32)17-6-3-2-5-16(17)20(27-31)19-7-4-12-33-19/h2-7,12-14H,8-11,15H2,1H3. The van der Waals surface area contributed by atoms with Crippen molar-refractivity contribution in [2.45, 2.75) is 6.67 Å². The highest BCUT2D eigenvalue weighted by molar-refractivity contribution is 7.13. The van der Waals surface area contributed by atoms with Crippen molar-refractivity contribution in [3.63, 3.8) is 0 Å². The lowest BCUT2D eigenvalue weighted by Gasteiger charge is -2.35. The molecule has 33 heavy (non-hydrogen) atoms. The van der Waals surface area contributed by atoms with Crippen molar-refractivity contribution in [1.29, 1.82) is 0 Å². The molecule has 6 rings (SSSR count). The number of piperazine rings is 1. The summed E-state index contributed by atoms with van der Waals surface area (Å²) < 4.78 is 3.37. The molecule has 1 aromatic carbocycles. The first-order chi connectivity index (χ1) is 16.2. The van der Waals surface area contributed by atoms with Gasteiger partial charge in [0, 0.05) is 38.6 Å². The van der Waals surface area contributed by atoms with Crippen LogP contribution in [-0.2, 0) is 13.7 Å². The second kappa shape index (κ2) is 8.05. The number of nitrogens with zero attached hydrogens (tertiary/aromatic N) is 8. The van der Waals surface area contributed by atoms with Crippen LogP contribution < -0.4 is 10.5 Å². The van der Waals surface area contributed by atoms with E-state index < -0.39 is 0 Å². The molecule has 4 aromatic heterocycles. The lowest BCUT2D eigenvalue weighted by molar-refractivity contribution is 0.192. The van der Waals surface area contributed by atoms with Crippen LogP contribution in [0.5, 0.6) is 0 Å². The van der Waals surface area contributed by atoms with Crippen LogP contribution >= 0.6 is 11.3 Å². The first kappa shape index (κ1) is 20.0. The first-order valence-electron chi connectivity index (χ1n) is 10.8. The van der Waals surface area contributed by atoms with E-state index in [1.807, 2.05) is 55.0 Å². The van der Waals surface area contributed by atoms with Crippen molar-refractivity contribution in [1.82, 2.24) is 34.4 Å². The van der Waals surface area contributed by atoms with Crippen LogP contribution in [0.4, 0.5) is 5.82 Å². The number of rotatable bonds is 4. The highest BCUT2D eigenvalue weighted by Crippen LogP contribution is 2.28. The van der Waals surface area contributed by atoms with Gasteiger partial charge >= 0.3 is 0 Å². The van der Waals surface area contributed by atoms with Gasteiger partial charge in [0.1, 0.15) is 17.8 Å². The van der Waals surface area contributed by atoms with Crippen LogP contribution in [0.3, 0.4) is 0 Å². The second-order valence-corrected chi connectivity index (χ2v) is 9.07. The first-order valence-corrected chi connectivity index (χ1v) is 11.7. The van der Waals surface area contributed by atoms with Crippen LogP contribution in [-0.4, -0.2) is 60.6 Å². The molecule has 0 bridgehead atoms. The molecule has 0 radical (unpaired) electrons. The van der Waals surface area contributed by atoms with E-state index >= 15 is 0 Å². The van der Waals surface area contributed by atoms with Crippen molar-refractivity contribution >= 4 is 39.0 Å². The minimum absolute atomic E-state index is 0.0544. The van der Waals surface area contributed by atoms with Gasteiger partial charge in [-0.05, 0) is 17.5 Å². The van der Waals surface area contributed by atoms with Gasteiger partial charge in [-0.2, -0.15) is 10.2 Å². The fourth-order valence-corrected chi connectivity index (χ4v) is 5.14. The second-order valence-electron chi connectivity index (χ2n) is 8.13. The average molecular weight is 459 g/mol. The fourth-order valence-electron chi connectivity index (χ4n) is 4.42. The Bertz CT molecular complexity index is 1500. The molecule has 1 aliphatic rings. The van der Waals surface area contributed by atoms with Gasteiger partial charge in [-0.25, -0.2) is 14.6 Å². The Kier molecular flexibility index (Phi) is 4.88. The molecule has 5 heterocycles. The van der Waals surface area contributed by atoms with E-state index in [1.165, 1.54) is 0 Å². The van der Waals surface area contributed by atoms with Crippen molar-refractivity contribution in [3.8, 4) is 10.6 Å². The van der Waals surface area contributed by atoms with Gasteiger partial charge in [0.2, 0.25) is 0 Å². The molecule has 1 fully saturated rings. The van der Waals surface area contributed by atoms with E-state index in [2.05, 4.69) is 24.9 Å². The Labute approximate surface area is 193 Å². The van der Waals surface area contributed by atoms with Crippen molar-refractivity contribution in [2.24, 2.45) is 7.05 Å². The predicted molar refractivity (Wildman–Crippen MR) is 129 cm³/mol. The zero-order chi connectivity index (χ0) is 22.4. The smallest absolute Gasteiger partial charge is 0.275 e. The summed E-state index contributed by atoms with van der Waals surface area (Å²) >= 11 is 1.63. The molecule has 9 nitrogen and oxygen atoms in total. The van der Waals surface area contributed by atoms with E-state index in [0.29, 0.717) is 12.1 Å². The van der Waals surface area contributed by atoms with Crippen LogP contribution in [0.25, 0.3) is 32.4 Å². The number of fused-ring (bicyclic) bond motifs is 2. The topological polar surface area (TPSA) is 85.0 Å². The monoisotopic (exact) mass is 458 g/mol. The number of hydrogen-bond donors (Lipinski definition) is 0. The SMILES string of the molecule is Cn1ncc2c(N3CCN(Cn4nc(-c5cccs5)c5ccccc5c4=O)CC3)ncnc21. The summed E-state index contributed by atoms with van der Waals surface area (Å²) in [5.74, 6) is 0.911. The molecule has 0 spiro atoms. The third kappa shape index (κ3) is 3.47. The molecule has 0 aliphatic carbocycles. The molecule has 1 aliphatic heterocycles. The number of anilines is 1. The maximum absolute atomic E-state index is 13.2. The number of thiophene rings is 1. The Morgan fingerprint density at radius 2 is 1.79 bits per heavy atom. The lowest BCUT2D eigenvalue weighted by Crippen LogP contribution is -2.48. The molecule has 0 N–H and O–H groups in total. The summed E-state index contributed by atoms with van der Waals surface area (Å²) in [5, 5.41) is 13.7. The molecule has 0 saturated carbocycles. The maximum Gasteiger partial charge on any atom is 0.275 e. The summed E-state index contributed by atoms with van der Waals surface area (Å²) in [4.78, 5) is 27.6. The Balaban J connectivity index is 1.26. The summed E-state index contributed by atoms with van der Waals surface area (Å²) in [6.45, 7) is 3.69. The predicted octanol–water partition coefficient (Wildman–Crippen LogP) is 2.58. The van der Waals surface area contributed by atoms with Gasteiger partial charge < -0.3 is 4.90 Å². The molecule has 166 valence electrons. The van der Waals surface area contributed by atoms with Crippen molar-refractivity contribution in [2.75, 3.05) is 31.1 Å². The van der Waals surface area contributed by atoms with Crippen molar-refractivity contribution in [3.05, 3.63) is 64.7 Å². The van der Waals surface area contributed by atoms with Crippen LogP contribution in [0.2, 0.25) is 0 Å². The molecule has 5 aromatic rings.